The second-order valence-corrected chi connectivity index (χ2v) is 6.92. The number of nitro benzene ring substituents is 1. The number of benzene rings is 1. The van der Waals surface area contributed by atoms with Crippen LogP contribution in [0.3, 0.4) is 0 Å². The zero-order valence-electron chi connectivity index (χ0n) is 12.4. The molecule has 0 spiro atoms. The van der Waals surface area contributed by atoms with Gasteiger partial charge in [-0.05, 0) is 26.0 Å². The van der Waals surface area contributed by atoms with Crippen molar-refractivity contribution in [1.82, 2.24) is 9.62 Å². The van der Waals surface area contributed by atoms with Crippen molar-refractivity contribution in [1.29, 1.82) is 5.26 Å². The number of nitrogens with one attached hydrogen (secondary N) is 1. The molecule has 1 fully saturated rings. The highest BCUT2D eigenvalue weighted by Crippen LogP contribution is 2.28. The molecule has 1 saturated heterocycles. The maximum absolute atomic E-state index is 12.7. The Balaban J connectivity index is 0.00000264. The van der Waals surface area contributed by atoms with E-state index >= 15 is 0 Å². The van der Waals surface area contributed by atoms with E-state index in [9.17, 15) is 18.5 Å². The number of piperidine rings is 1. The van der Waals surface area contributed by atoms with Gasteiger partial charge in [-0.15, -0.1) is 12.4 Å². The molecule has 0 bridgehead atoms. The molecule has 2 rings (SSSR count). The zero-order chi connectivity index (χ0) is 16.3. The highest BCUT2D eigenvalue weighted by Gasteiger charge is 2.33. The van der Waals surface area contributed by atoms with Crippen molar-refractivity contribution in [3.63, 3.8) is 0 Å². The van der Waals surface area contributed by atoms with Gasteiger partial charge in [-0.1, -0.05) is 6.07 Å². The van der Waals surface area contributed by atoms with Gasteiger partial charge in [0.1, 0.15) is 16.5 Å². The fourth-order valence-corrected chi connectivity index (χ4v) is 4.22. The number of nitrogens with zero attached hydrogens (tertiary/aromatic N) is 3. The van der Waals surface area contributed by atoms with Gasteiger partial charge in [0.25, 0.3) is 5.69 Å². The molecule has 126 valence electrons. The summed E-state index contributed by atoms with van der Waals surface area (Å²) in [4.78, 5) is 9.92. The number of sulfonamides is 1. The largest absolute Gasteiger partial charge is 0.316 e. The molecule has 1 aliphatic rings. The lowest BCUT2D eigenvalue weighted by Gasteiger charge is -2.31. The smallest absolute Gasteiger partial charge is 0.288 e. The van der Waals surface area contributed by atoms with E-state index in [1.54, 1.807) is 13.1 Å². The molecule has 0 aromatic heterocycles. The Morgan fingerprint density at radius 3 is 2.74 bits per heavy atom. The van der Waals surface area contributed by atoms with Gasteiger partial charge < -0.3 is 5.32 Å². The predicted molar refractivity (Wildman–Crippen MR) is 85.9 cm³/mol. The Morgan fingerprint density at radius 1 is 1.48 bits per heavy atom. The normalized spacial score (nSPS) is 18.7. The molecule has 1 heterocycles. The van der Waals surface area contributed by atoms with Crippen molar-refractivity contribution in [2.75, 3.05) is 20.1 Å². The summed E-state index contributed by atoms with van der Waals surface area (Å²) in [6.45, 7) is 0.625. The average Bonchev–Trinajstić information content (AvgIpc) is 2.53. The van der Waals surface area contributed by atoms with Crippen molar-refractivity contribution in [2.45, 2.75) is 23.8 Å². The van der Waals surface area contributed by atoms with Crippen LogP contribution in [0.15, 0.2) is 23.1 Å². The molecule has 1 atom stereocenters. The van der Waals surface area contributed by atoms with Gasteiger partial charge in [0.2, 0.25) is 10.0 Å². The van der Waals surface area contributed by atoms with Crippen LogP contribution in [-0.2, 0) is 10.0 Å². The quantitative estimate of drug-likeness (QED) is 0.638. The Hall–Kier alpha value is -1.73. The van der Waals surface area contributed by atoms with E-state index in [2.05, 4.69) is 5.32 Å². The number of likely N-dealkylation sites (N-methyl/N-ethyl adjacent to an activating group) is 1. The second kappa shape index (κ2) is 7.70. The molecule has 10 heteroatoms. The molecule has 0 radical (unpaired) electrons. The number of hydrogen-bond acceptors (Lipinski definition) is 6. The fourth-order valence-electron chi connectivity index (χ4n) is 2.53. The Morgan fingerprint density at radius 2 is 2.17 bits per heavy atom. The van der Waals surface area contributed by atoms with Crippen LogP contribution in [-0.4, -0.2) is 43.8 Å². The molecule has 1 aromatic rings. The highest BCUT2D eigenvalue weighted by molar-refractivity contribution is 7.89. The van der Waals surface area contributed by atoms with Crippen LogP contribution in [0.1, 0.15) is 18.4 Å². The van der Waals surface area contributed by atoms with Crippen molar-refractivity contribution < 1.29 is 13.3 Å². The van der Waals surface area contributed by atoms with Crippen LogP contribution in [0.2, 0.25) is 0 Å². The van der Waals surface area contributed by atoms with Gasteiger partial charge in [0.05, 0.1) is 4.92 Å². The number of hydrogen-bond donors (Lipinski definition) is 1. The number of rotatable bonds is 4. The Bertz CT molecular complexity index is 732. The summed E-state index contributed by atoms with van der Waals surface area (Å²) in [5.41, 5.74) is -0.912. The summed E-state index contributed by atoms with van der Waals surface area (Å²) in [6.07, 6.45) is 1.56. The Labute approximate surface area is 140 Å². The minimum atomic E-state index is -3.94. The molecule has 0 amide bonds. The Kier molecular flexibility index (Phi) is 6.47. The van der Waals surface area contributed by atoms with E-state index in [0.29, 0.717) is 13.0 Å². The van der Waals surface area contributed by atoms with Crippen LogP contribution in [0.4, 0.5) is 5.69 Å². The highest BCUT2D eigenvalue weighted by atomic mass is 35.5. The third-order valence-electron chi connectivity index (χ3n) is 3.72. The van der Waals surface area contributed by atoms with Crippen LogP contribution in [0.5, 0.6) is 0 Å². The van der Waals surface area contributed by atoms with E-state index in [1.165, 1.54) is 16.4 Å². The lowest BCUT2D eigenvalue weighted by molar-refractivity contribution is -0.385. The van der Waals surface area contributed by atoms with Gasteiger partial charge >= 0.3 is 0 Å². The summed E-state index contributed by atoms with van der Waals surface area (Å²) < 4.78 is 26.7. The van der Waals surface area contributed by atoms with Gasteiger partial charge in [-0.25, -0.2) is 8.42 Å². The fraction of sp³-hybridized carbons (Fsp3) is 0.462. The van der Waals surface area contributed by atoms with Gasteiger partial charge in [-0.3, -0.25) is 10.1 Å². The van der Waals surface area contributed by atoms with Crippen molar-refractivity contribution in [2.24, 2.45) is 0 Å². The van der Waals surface area contributed by atoms with Gasteiger partial charge in [0.15, 0.2) is 0 Å². The van der Waals surface area contributed by atoms with E-state index in [1.807, 2.05) is 0 Å². The van der Waals surface area contributed by atoms with E-state index in [0.717, 1.165) is 12.5 Å². The van der Waals surface area contributed by atoms with Crippen molar-refractivity contribution in [3.8, 4) is 6.07 Å². The number of nitro groups is 1. The molecular weight excluding hydrogens is 344 g/mol. The van der Waals surface area contributed by atoms with Crippen LogP contribution in [0, 0.1) is 21.4 Å². The summed E-state index contributed by atoms with van der Waals surface area (Å²) in [5.74, 6) is 0. The van der Waals surface area contributed by atoms with Crippen LogP contribution in [0.25, 0.3) is 0 Å². The number of nitriles is 1. The molecule has 1 aliphatic heterocycles. The van der Waals surface area contributed by atoms with E-state index in [4.69, 9.17) is 5.26 Å². The minimum absolute atomic E-state index is 0. The first-order valence-corrected chi connectivity index (χ1v) is 8.20. The van der Waals surface area contributed by atoms with Crippen LogP contribution >= 0.6 is 12.4 Å². The van der Waals surface area contributed by atoms with E-state index < -0.39 is 26.2 Å². The van der Waals surface area contributed by atoms with Crippen molar-refractivity contribution >= 4 is 28.1 Å². The van der Waals surface area contributed by atoms with Crippen molar-refractivity contribution in [3.05, 3.63) is 33.9 Å². The molecule has 23 heavy (non-hydrogen) atoms. The number of halogens is 1. The summed E-state index contributed by atoms with van der Waals surface area (Å²) in [5, 5.41) is 23.2. The van der Waals surface area contributed by atoms with E-state index in [-0.39, 0.29) is 29.9 Å². The molecule has 0 aliphatic carbocycles. The molecule has 0 saturated carbocycles. The third-order valence-corrected chi connectivity index (χ3v) is 5.63. The lowest BCUT2D eigenvalue weighted by atomic mass is 10.1. The zero-order valence-corrected chi connectivity index (χ0v) is 14.1. The van der Waals surface area contributed by atoms with Gasteiger partial charge in [-0.2, -0.15) is 9.57 Å². The van der Waals surface area contributed by atoms with Gasteiger partial charge in [0, 0.05) is 25.2 Å². The molecular formula is C13H17ClN4O4S. The minimum Gasteiger partial charge on any atom is -0.316 e. The standard InChI is InChI=1S/C13H16N4O4S.ClH/c1-15-10-4-3-7-16(9-10)22(20,21)13-6-2-5-12(17(18)19)11(13)8-14;/h2,5-6,10,15H,3-4,7,9H2,1H3;1H. The summed E-state index contributed by atoms with van der Waals surface area (Å²) >= 11 is 0. The lowest BCUT2D eigenvalue weighted by Crippen LogP contribution is -2.47. The molecule has 8 nitrogen and oxygen atoms in total. The monoisotopic (exact) mass is 360 g/mol. The summed E-state index contributed by atoms with van der Waals surface area (Å²) in [7, 11) is -2.18. The molecule has 1 N–H and O–H groups in total. The topological polar surface area (TPSA) is 116 Å². The first-order chi connectivity index (χ1) is 10.4. The first-order valence-electron chi connectivity index (χ1n) is 6.76. The van der Waals surface area contributed by atoms with Crippen LogP contribution < -0.4 is 5.32 Å². The summed E-state index contributed by atoms with van der Waals surface area (Å²) in [6, 6.07) is 5.34. The third kappa shape index (κ3) is 3.79. The SMILES string of the molecule is CNC1CCCN(S(=O)(=O)c2cccc([N+](=O)[O-])c2C#N)C1.Cl. The first kappa shape index (κ1) is 19.3. The second-order valence-electron chi connectivity index (χ2n) is 5.01. The predicted octanol–water partition coefficient (Wildman–Crippen LogP) is 1.26. The maximum Gasteiger partial charge on any atom is 0.288 e. The molecule has 1 unspecified atom stereocenters. The maximum atomic E-state index is 12.7. The average molecular weight is 361 g/mol. The molecule has 1 aromatic carbocycles.